The Balaban J connectivity index is 0. The summed E-state index contributed by atoms with van der Waals surface area (Å²) in [6.07, 6.45) is 12.4. The first kappa shape index (κ1) is 29.3. The zero-order chi connectivity index (χ0) is 23.0. The molecule has 0 spiro atoms. The number of rotatable bonds is 11. The molecule has 168 valence electrons. The second-order valence-electron chi connectivity index (χ2n) is 7.26. The number of carbonyl (C=O) groups is 1. The second kappa shape index (κ2) is 16.0. The quantitative estimate of drug-likeness (QED) is 0.299. The van der Waals surface area contributed by atoms with Crippen molar-refractivity contribution in [3.63, 3.8) is 0 Å². The Bertz CT molecular complexity index is 665. The van der Waals surface area contributed by atoms with Gasteiger partial charge in [0, 0.05) is 32.5 Å². The largest absolute Gasteiger partial charge is 0.404 e. The lowest BCUT2D eigenvalue weighted by molar-refractivity contribution is -0.116. The van der Waals surface area contributed by atoms with Gasteiger partial charge in [-0.1, -0.05) is 38.2 Å². The lowest BCUT2D eigenvalue weighted by Crippen LogP contribution is -2.32. The highest BCUT2D eigenvalue weighted by Crippen LogP contribution is 2.16. The van der Waals surface area contributed by atoms with Crippen molar-refractivity contribution in [3.05, 3.63) is 48.9 Å². The lowest BCUT2D eigenvalue weighted by Gasteiger charge is -2.16. The molecule has 0 aromatic carbocycles. The van der Waals surface area contributed by atoms with Crippen LogP contribution in [0.3, 0.4) is 0 Å². The van der Waals surface area contributed by atoms with Gasteiger partial charge in [0.05, 0.1) is 11.8 Å². The smallest absolute Gasteiger partial charge is 0.256 e. The van der Waals surface area contributed by atoms with Gasteiger partial charge in [0.25, 0.3) is 5.91 Å². The summed E-state index contributed by atoms with van der Waals surface area (Å²) >= 11 is 0. The van der Waals surface area contributed by atoms with Crippen LogP contribution in [0.2, 0.25) is 0 Å². The number of sulfonamides is 1. The predicted octanol–water partition coefficient (Wildman–Crippen LogP) is 2.32. The van der Waals surface area contributed by atoms with Crippen molar-refractivity contribution in [2.24, 2.45) is 17.6 Å². The number of likely N-dealkylation sites (N-methyl/N-ethyl adjacent to an activating group) is 2. The molecule has 0 aromatic heterocycles. The summed E-state index contributed by atoms with van der Waals surface area (Å²) in [5, 5.41) is 2.68. The summed E-state index contributed by atoms with van der Waals surface area (Å²) in [7, 11) is 2.42. The fourth-order valence-electron chi connectivity index (χ4n) is 1.98. The Morgan fingerprint density at radius 2 is 1.79 bits per heavy atom. The number of hydrogen-bond donors (Lipinski definition) is 2. The highest BCUT2D eigenvalue weighted by atomic mass is 32.2. The van der Waals surface area contributed by atoms with Crippen LogP contribution in [0.25, 0.3) is 0 Å². The predicted molar refractivity (Wildman–Crippen MR) is 124 cm³/mol. The van der Waals surface area contributed by atoms with Crippen LogP contribution in [0.4, 0.5) is 0 Å². The number of hydrogen-bond acceptors (Lipinski definition) is 5. The minimum Gasteiger partial charge on any atom is -0.404 e. The van der Waals surface area contributed by atoms with Gasteiger partial charge < -0.3 is 16.0 Å². The van der Waals surface area contributed by atoms with Crippen LogP contribution < -0.4 is 11.1 Å². The molecule has 0 rings (SSSR count). The van der Waals surface area contributed by atoms with Gasteiger partial charge in [-0.2, -0.15) is 0 Å². The van der Waals surface area contributed by atoms with Gasteiger partial charge in [-0.25, -0.2) is 12.7 Å². The third-order valence-electron chi connectivity index (χ3n) is 4.12. The van der Waals surface area contributed by atoms with E-state index in [4.69, 9.17) is 5.73 Å². The van der Waals surface area contributed by atoms with Crippen LogP contribution >= 0.6 is 0 Å². The van der Waals surface area contributed by atoms with E-state index in [-0.39, 0.29) is 5.91 Å². The first-order chi connectivity index (χ1) is 13.4. The normalized spacial score (nSPS) is 13.8. The molecule has 0 radical (unpaired) electrons. The number of amides is 1. The van der Waals surface area contributed by atoms with Crippen molar-refractivity contribution >= 4 is 15.9 Å². The average Bonchev–Trinajstić information content (AvgIpc) is 2.63. The van der Waals surface area contributed by atoms with Crippen LogP contribution in [0, 0.1) is 11.8 Å². The Morgan fingerprint density at radius 1 is 1.21 bits per heavy atom. The summed E-state index contributed by atoms with van der Waals surface area (Å²) in [4.78, 5) is 13.6. The summed E-state index contributed by atoms with van der Waals surface area (Å²) in [6, 6.07) is 0. The van der Waals surface area contributed by atoms with Crippen molar-refractivity contribution in [3.8, 4) is 0 Å². The molecule has 0 heterocycles. The standard InChI is InChI=1S/C15H24N2O.C6H16N2O2S/c1-5-8-14(11-16)15(18)17-10-7-9-13(6-2)12(3)4;1-7(2)5-6-8(3)11(4,9)10/h5-8,10-13H,2,9,16H2,1,3-4H3,(H,17,18);5-6H2,1-4H3/b8-5-,10-7+,14-11+;. The second-order valence-corrected chi connectivity index (χ2v) is 9.35. The maximum absolute atomic E-state index is 11.6. The van der Waals surface area contributed by atoms with E-state index in [9.17, 15) is 13.2 Å². The van der Waals surface area contributed by atoms with Crippen LogP contribution in [-0.4, -0.2) is 64.0 Å². The summed E-state index contributed by atoms with van der Waals surface area (Å²) < 4.78 is 23.0. The lowest BCUT2D eigenvalue weighted by atomic mass is 9.93. The minimum absolute atomic E-state index is 0.202. The molecular formula is C21H40N4O3S. The molecule has 7 nitrogen and oxygen atoms in total. The van der Waals surface area contributed by atoms with Crippen molar-refractivity contribution in [2.75, 3.05) is 40.5 Å². The van der Waals surface area contributed by atoms with E-state index in [0.29, 0.717) is 24.0 Å². The van der Waals surface area contributed by atoms with E-state index in [1.54, 1.807) is 25.4 Å². The Hall–Kier alpha value is -1.90. The van der Waals surface area contributed by atoms with E-state index < -0.39 is 10.0 Å². The first-order valence-electron chi connectivity index (χ1n) is 9.59. The highest BCUT2D eigenvalue weighted by molar-refractivity contribution is 7.88. The summed E-state index contributed by atoms with van der Waals surface area (Å²) in [6.45, 7) is 11.2. The monoisotopic (exact) mass is 428 g/mol. The van der Waals surface area contributed by atoms with Gasteiger partial charge >= 0.3 is 0 Å². The SMILES string of the molecule is C=CC(C/C=C/NC(=O)C(/C=C\C)=C/N)C(C)C.CN(C)CCN(C)S(C)(=O)=O. The Kier molecular flexibility index (Phi) is 16.1. The zero-order valence-electron chi connectivity index (χ0n) is 19.1. The first-order valence-corrected chi connectivity index (χ1v) is 11.4. The molecule has 29 heavy (non-hydrogen) atoms. The molecule has 0 aromatic rings. The van der Waals surface area contributed by atoms with Crippen molar-refractivity contribution in [2.45, 2.75) is 27.2 Å². The molecule has 1 atom stereocenters. The molecule has 1 amide bonds. The van der Waals surface area contributed by atoms with Crippen molar-refractivity contribution in [1.29, 1.82) is 0 Å². The minimum atomic E-state index is -2.99. The van der Waals surface area contributed by atoms with E-state index in [1.807, 2.05) is 38.1 Å². The van der Waals surface area contributed by atoms with Crippen molar-refractivity contribution < 1.29 is 13.2 Å². The Morgan fingerprint density at radius 3 is 2.17 bits per heavy atom. The molecule has 0 aliphatic rings. The molecule has 0 saturated heterocycles. The molecular weight excluding hydrogens is 388 g/mol. The van der Waals surface area contributed by atoms with E-state index in [1.165, 1.54) is 16.8 Å². The van der Waals surface area contributed by atoms with Crippen LogP contribution in [0.5, 0.6) is 0 Å². The average molecular weight is 429 g/mol. The third kappa shape index (κ3) is 15.7. The van der Waals surface area contributed by atoms with Gasteiger partial charge in [-0.15, -0.1) is 6.58 Å². The zero-order valence-corrected chi connectivity index (χ0v) is 19.9. The molecule has 8 heteroatoms. The van der Waals surface area contributed by atoms with Gasteiger partial charge in [-0.05, 0) is 39.3 Å². The van der Waals surface area contributed by atoms with Crippen LogP contribution in [0.1, 0.15) is 27.2 Å². The van der Waals surface area contributed by atoms with Crippen LogP contribution in [-0.2, 0) is 14.8 Å². The summed E-state index contributed by atoms with van der Waals surface area (Å²) in [5.41, 5.74) is 5.81. The van der Waals surface area contributed by atoms with Gasteiger partial charge in [-0.3, -0.25) is 4.79 Å². The molecule has 0 aliphatic heterocycles. The molecule has 0 aliphatic carbocycles. The fourth-order valence-corrected chi connectivity index (χ4v) is 2.39. The number of nitrogens with one attached hydrogen (secondary N) is 1. The molecule has 3 N–H and O–H groups in total. The number of carbonyl (C=O) groups excluding carboxylic acids is 1. The fraction of sp³-hybridized carbons (Fsp3) is 0.571. The Labute approximate surface area is 178 Å². The molecule has 1 unspecified atom stereocenters. The molecule has 0 fully saturated rings. The van der Waals surface area contributed by atoms with Gasteiger partial charge in [0.15, 0.2) is 0 Å². The summed E-state index contributed by atoms with van der Waals surface area (Å²) in [5.74, 6) is 0.773. The number of nitrogens with two attached hydrogens (primary N) is 1. The molecule has 0 saturated carbocycles. The van der Waals surface area contributed by atoms with E-state index >= 15 is 0 Å². The maximum atomic E-state index is 11.6. The maximum Gasteiger partial charge on any atom is 0.256 e. The topological polar surface area (TPSA) is 95.7 Å². The van der Waals surface area contributed by atoms with Gasteiger partial charge in [0.2, 0.25) is 10.0 Å². The number of nitrogens with zero attached hydrogens (tertiary/aromatic N) is 2. The third-order valence-corrected chi connectivity index (χ3v) is 5.43. The number of allylic oxidation sites excluding steroid dienone is 3. The van der Waals surface area contributed by atoms with E-state index in [0.717, 1.165) is 13.0 Å². The highest BCUT2D eigenvalue weighted by Gasteiger charge is 2.09. The van der Waals surface area contributed by atoms with Gasteiger partial charge in [0.1, 0.15) is 0 Å². The molecule has 0 bridgehead atoms. The van der Waals surface area contributed by atoms with E-state index in [2.05, 4.69) is 25.7 Å². The van der Waals surface area contributed by atoms with Crippen LogP contribution in [0.15, 0.2) is 48.9 Å². The van der Waals surface area contributed by atoms with Crippen molar-refractivity contribution in [1.82, 2.24) is 14.5 Å².